The Morgan fingerprint density at radius 3 is 2.62 bits per heavy atom. The lowest BCUT2D eigenvalue weighted by Crippen LogP contribution is -2.13. The van der Waals surface area contributed by atoms with E-state index in [-0.39, 0.29) is 0 Å². The Bertz CT molecular complexity index is 331. The van der Waals surface area contributed by atoms with Crippen molar-refractivity contribution in [2.45, 2.75) is 45.1 Å². The molecule has 1 saturated carbocycles. The summed E-state index contributed by atoms with van der Waals surface area (Å²) in [6.07, 6.45) is 8.72. The molecule has 1 N–H and O–H groups in total. The first kappa shape index (κ1) is 9.00. The van der Waals surface area contributed by atoms with Gasteiger partial charge in [0.15, 0.2) is 4.77 Å². The molecule has 1 aromatic heterocycles. The minimum atomic E-state index is 0.660. The highest BCUT2D eigenvalue weighted by atomic mass is 32.1. The first-order chi connectivity index (χ1) is 6.29. The van der Waals surface area contributed by atoms with Gasteiger partial charge in [-0.2, -0.15) is 0 Å². The molecule has 2 rings (SSSR count). The Balaban J connectivity index is 2.27. The molecule has 1 aliphatic rings. The minimum absolute atomic E-state index is 0.660. The molecule has 0 amide bonds. The highest BCUT2D eigenvalue weighted by Gasteiger charge is 2.16. The van der Waals surface area contributed by atoms with Crippen LogP contribution >= 0.6 is 12.2 Å². The SMILES string of the molecule is Cc1c[nH]c(=S)n1C1CCCCC1. The van der Waals surface area contributed by atoms with Crippen molar-refractivity contribution in [3.05, 3.63) is 16.7 Å². The third-order valence-corrected chi connectivity index (χ3v) is 3.26. The summed E-state index contributed by atoms with van der Waals surface area (Å²) in [4.78, 5) is 3.11. The largest absolute Gasteiger partial charge is 0.337 e. The van der Waals surface area contributed by atoms with E-state index in [0.717, 1.165) is 4.77 Å². The summed E-state index contributed by atoms with van der Waals surface area (Å²) in [5.74, 6) is 0. The highest BCUT2D eigenvalue weighted by Crippen LogP contribution is 2.29. The van der Waals surface area contributed by atoms with Gasteiger partial charge in [-0.3, -0.25) is 0 Å². The average molecular weight is 196 g/mol. The Labute approximate surface area is 84.0 Å². The van der Waals surface area contributed by atoms with Crippen molar-refractivity contribution in [3.8, 4) is 0 Å². The number of rotatable bonds is 1. The molecule has 0 spiro atoms. The topological polar surface area (TPSA) is 20.7 Å². The summed E-state index contributed by atoms with van der Waals surface area (Å²) in [6, 6.07) is 0.660. The Hall–Kier alpha value is -0.570. The summed E-state index contributed by atoms with van der Waals surface area (Å²) < 4.78 is 3.18. The van der Waals surface area contributed by atoms with Crippen molar-refractivity contribution in [1.82, 2.24) is 9.55 Å². The number of nitrogens with zero attached hydrogens (tertiary/aromatic N) is 1. The van der Waals surface area contributed by atoms with E-state index in [9.17, 15) is 0 Å². The van der Waals surface area contributed by atoms with Crippen LogP contribution in [0.15, 0.2) is 6.20 Å². The number of imidazole rings is 1. The quantitative estimate of drug-likeness (QED) is 0.683. The van der Waals surface area contributed by atoms with Gasteiger partial charge in [0.05, 0.1) is 0 Å². The van der Waals surface area contributed by atoms with Gasteiger partial charge in [-0.15, -0.1) is 0 Å². The third-order valence-electron chi connectivity index (χ3n) is 2.94. The van der Waals surface area contributed by atoms with Crippen LogP contribution in [0.3, 0.4) is 0 Å². The molecule has 0 unspecified atom stereocenters. The van der Waals surface area contributed by atoms with Crippen LogP contribution in [0.1, 0.15) is 43.8 Å². The molecule has 0 bridgehead atoms. The zero-order valence-corrected chi connectivity index (χ0v) is 8.86. The molecule has 0 aromatic carbocycles. The van der Waals surface area contributed by atoms with E-state index >= 15 is 0 Å². The molecule has 0 aliphatic heterocycles. The number of H-pyrrole nitrogens is 1. The zero-order chi connectivity index (χ0) is 9.26. The molecule has 1 heterocycles. The van der Waals surface area contributed by atoms with Crippen LogP contribution in [-0.2, 0) is 0 Å². The molecular formula is C10H16N2S. The van der Waals surface area contributed by atoms with Gasteiger partial charge < -0.3 is 9.55 Å². The van der Waals surface area contributed by atoms with Gasteiger partial charge in [-0.25, -0.2) is 0 Å². The molecule has 13 heavy (non-hydrogen) atoms. The Kier molecular flexibility index (Phi) is 2.54. The molecule has 1 aromatic rings. The van der Waals surface area contributed by atoms with Crippen LogP contribution in [-0.4, -0.2) is 9.55 Å². The number of aryl methyl sites for hydroxylation is 1. The van der Waals surface area contributed by atoms with Crippen LogP contribution < -0.4 is 0 Å². The first-order valence-electron chi connectivity index (χ1n) is 5.05. The third kappa shape index (κ3) is 1.70. The molecule has 0 atom stereocenters. The van der Waals surface area contributed by atoms with Crippen molar-refractivity contribution in [3.63, 3.8) is 0 Å². The fourth-order valence-corrected chi connectivity index (χ4v) is 2.61. The van der Waals surface area contributed by atoms with Crippen LogP contribution in [0, 0.1) is 11.7 Å². The predicted octanol–water partition coefficient (Wildman–Crippen LogP) is 3.36. The van der Waals surface area contributed by atoms with Gasteiger partial charge in [-0.1, -0.05) is 19.3 Å². The van der Waals surface area contributed by atoms with E-state index in [0.29, 0.717) is 6.04 Å². The van der Waals surface area contributed by atoms with Crippen LogP contribution in [0.25, 0.3) is 0 Å². The van der Waals surface area contributed by atoms with Crippen LogP contribution in [0.5, 0.6) is 0 Å². The minimum Gasteiger partial charge on any atom is -0.337 e. The standard InChI is InChI=1S/C10H16N2S/c1-8-7-11-10(13)12(8)9-5-3-2-4-6-9/h7,9H,2-6H2,1H3,(H,11,13). The van der Waals surface area contributed by atoms with E-state index in [2.05, 4.69) is 16.5 Å². The van der Waals surface area contributed by atoms with Crippen molar-refractivity contribution < 1.29 is 0 Å². The lowest BCUT2D eigenvalue weighted by Gasteiger charge is -2.24. The van der Waals surface area contributed by atoms with E-state index in [1.165, 1.54) is 37.8 Å². The van der Waals surface area contributed by atoms with Gasteiger partial charge in [0.2, 0.25) is 0 Å². The monoisotopic (exact) mass is 196 g/mol. The van der Waals surface area contributed by atoms with Gasteiger partial charge in [0, 0.05) is 17.9 Å². The van der Waals surface area contributed by atoms with Crippen LogP contribution in [0.4, 0.5) is 0 Å². The van der Waals surface area contributed by atoms with Gasteiger partial charge in [0.1, 0.15) is 0 Å². The highest BCUT2D eigenvalue weighted by molar-refractivity contribution is 7.71. The summed E-state index contributed by atoms with van der Waals surface area (Å²) in [6.45, 7) is 2.13. The molecule has 1 aliphatic carbocycles. The maximum atomic E-state index is 5.26. The first-order valence-corrected chi connectivity index (χ1v) is 5.46. The molecular weight excluding hydrogens is 180 g/mol. The fraction of sp³-hybridized carbons (Fsp3) is 0.700. The fourth-order valence-electron chi connectivity index (χ4n) is 2.26. The predicted molar refractivity (Wildman–Crippen MR) is 56.5 cm³/mol. The molecule has 72 valence electrons. The van der Waals surface area contributed by atoms with Crippen molar-refractivity contribution in [2.75, 3.05) is 0 Å². The van der Waals surface area contributed by atoms with Crippen molar-refractivity contribution in [1.29, 1.82) is 0 Å². The van der Waals surface area contributed by atoms with Gasteiger partial charge >= 0.3 is 0 Å². The second kappa shape index (κ2) is 3.66. The smallest absolute Gasteiger partial charge is 0.177 e. The van der Waals surface area contributed by atoms with E-state index in [1.54, 1.807) is 0 Å². The van der Waals surface area contributed by atoms with E-state index < -0.39 is 0 Å². The lowest BCUT2D eigenvalue weighted by molar-refractivity contribution is 0.346. The maximum Gasteiger partial charge on any atom is 0.177 e. The Morgan fingerprint density at radius 1 is 1.38 bits per heavy atom. The molecule has 0 saturated heterocycles. The van der Waals surface area contributed by atoms with Gasteiger partial charge in [0.25, 0.3) is 0 Å². The van der Waals surface area contributed by atoms with Crippen LogP contribution in [0.2, 0.25) is 0 Å². The number of hydrogen-bond donors (Lipinski definition) is 1. The summed E-state index contributed by atoms with van der Waals surface area (Å²) in [5, 5.41) is 0. The Morgan fingerprint density at radius 2 is 2.08 bits per heavy atom. The molecule has 1 fully saturated rings. The lowest BCUT2D eigenvalue weighted by atomic mass is 9.95. The number of hydrogen-bond acceptors (Lipinski definition) is 1. The summed E-state index contributed by atoms with van der Waals surface area (Å²) in [7, 11) is 0. The van der Waals surface area contributed by atoms with Crippen molar-refractivity contribution in [2.24, 2.45) is 0 Å². The molecule has 2 nitrogen and oxygen atoms in total. The second-order valence-corrected chi connectivity index (χ2v) is 4.28. The van der Waals surface area contributed by atoms with Gasteiger partial charge in [-0.05, 0) is 32.0 Å². The average Bonchev–Trinajstić information content (AvgIpc) is 2.48. The van der Waals surface area contributed by atoms with Crippen molar-refractivity contribution >= 4 is 12.2 Å². The van der Waals surface area contributed by atoms with E-state index in [1.807, 2.05) is 6.20 Å². The van der Waals surface area contributed by atoms with E-state index in [4.69, 9.17) is 12.2 Å². The zero-order valence-electron chi connectivity index (χ0n) is 8.05. The molecule has 0 radical (unpaired) electrons. The number of aromatic nitrogens is 2. The summed E-state index contributed by atoms with van der Waals surface area (Å²) >= 11 is 5.26. The second-order valence-electron chi connectivity index (χ2n) is 3.90. The normalized spacial score (nSPS) is 19.2. The summed E-state index contributed by atoms with van der Waals surface area (Å²) in [5.41, 5.74) is 1.27. The molecule has 3 heteroatoms. The number of nitrogens with one attached hydrogen (secondary N) is 1. The maximum absolute atomic E-state index is 5.26. The number of aromatic amines is 1.